The summed E-state index contributed by atoms with van der Waals surface area (Å²) in [6, 6.07) is 1.38. The van der Waals surface area contributed by atoms with Crippen LogP contribution < -0.4 is 5.32 Å². The van der Waals surface area contributed by atoms with Gasteiger partial charge in [-0.15, -0.1) is 11.3 Å². The first kappa shape index (κ1) is 14.5. The second-order valence-electron chi connectivity index (χ2n) is 6.49. The molecule has 1 aliphatic heterocycles. The molecule has 20 heavy (non-hydrogen) atoms. The van der Waals surface area contributed by atoms with Gasteiger partial charge in [-0.25, -0.2) is 4.98 Å². The molecular weight excluding hydrogens is 266 g/mol. The highest BCUT2D eigenvalue weighted by molar-refractivity contribution is 7.07. The Kier molecular flexibility index (Phi) is 5.08. The summed E-state index contributed by atoms with van der Waals surface area (Å²) in [4.78, 5) is 7.09. The SMILES string of the molecule is CC1CNC(C2CCCCC2)CN1CCc1cscn1. The van der Waals surface area contributed by atoms with Gasteiger partial charge in [-0.05, 0) is 25.7 Å². The zero-order chi connectivity index (χ0) is 13.8. The highest BCUT2D eigenvalue weighted by Gasteiger charge is 2.30. The van der Waals surface area contributed by atoms with Gasteiger partial charge < -0.3 is 5.32 Å². The lowest BCUT2D eigenvalue weighted by molar-refractivity contribution is 0.105. The molecule has 1 aliphatic carbocycles. The number of nitrogens with one attached hydrogen (secondary N) is 1. The van der Waals surface area contributed by atoms with Crippen molar-refractivity contribution in [2.24, 2.45) is 5.92 Å². The molecule has 1 saturated heterocycles. The van der Waals surface area contributed by atoms with E-state index in [2.05, 4.69) is 27.5 Å². The van der Waals surface area contributed by atoms with Crippen molar-refractivity contribution in [2.75, 3.05) is 19.6 Å². The third-order valence-electron chi connectivity index (χ3n) is 5.09. The first-order valence-corrected chi connectivity index (χ1v) is 9.11. The Labute approximate surface area is 126 Å². The van der Waals surface area contributed by atoms with Crippen LogP contribution in [0, 0.1) is 5.92 Å². The van der Waals surface area contributed by atoms with Crippen LogP contribution >= 0.6 is 11.3 Å². The normalized spacial score (nSPS) is 29.6. The maximum atomic E-state index is 4.41. The minimum Gasteiger partial charge on any atom is -0.311 e. The molecule has 0 radical (unpaired) electrons. The Bertz CT molecular complexity index is 386. The zero-order valence-corrected chi connectivity index (χ0v) is 13.4. The van der Waals surface area contributed by atoms with Crippen molar-refractivity contribution < 1.29 is 0 Å². The summed E-state index contributed by atoms with van der Waals surface area (Å²) in [5, 5.41) is 5.99. The smallest absolute Gasteiger partial charge is 0.0794 e. The number of hydrogen-bond donors (Lipinski definition) is 1. The highest BCUT2D eigenvalue weighted by atomic mass is 32.1. The number of nitrogens with zero attached hydrogens (tertiary/aromatic N) is 2. The fraction of sp³-hybridized carbons (Fsp3) is 0.812. The molecule has 2 unspecified atom stereocenters. The Morgan fingerprint density at radius 2 is 2.20 bits per heavy atom. The van der Waals surface area contributed by atoms with E-state index >= 15 is 0 Å². The van der Waals surface area contributed by atoms with Crippen molar-refractivity contribution in [3.8, 4) is 0 Å². The number of thiazole rings is 1. The van der Waals surface area contributed by atoms with Gasteiger partial charge in [0.2, 0.25) is 0 Å². The second kappa shape index (κ2) is 7.01. The molecule has 2 fully saturated rings. The van der Waals surface area contributed by atoms with Crippen LogP contribution in [0.25, 0.3) is 0 Å². The monoisotopic (exact) mass is 293 g/mol. The maximum absolute atomic E-state index is 4.41. The Morgan fingerprint density at radius 3 is 2.95 bits per heavy atom. The van der Waals surface area contributed by atoms with Gasteiger partial charge in [0, 0.05) is 43.5 Å². The largest absolute Gasteiger partial charge is 0.311 e. The van der Waals surface area contributed by atoms with Gasteiger partial charge in [-0.1, -0.05) is 19.3 Å². The number of aromatic nitrogens is 1. The summed E-state index contributed by atoms with van der Waals surface area (Å²) in [7, 11) is 0. The first-order chi connectivity index (χ1) is 9.83. The molecular formula is C16H27N3S. The third-order valence-corrected chi connectivity index (χ3v) is 5.72. The van der Waals surface area contributed by atoms with Gasteiger partial charge in [0.05, 0.1) is 11.2 Å². The van der Waals surface area contributed by atoms with Crippen molar-refractivity contribution in [3.63, 3.8) is 0 Å². The number of rotatable bonds is 4. The van der Waals surface area contributed by atoms with Crippen molar-refractivity contribution in [1.82, 2.24) is 15.2 Å². The van der Waals surface area contributed by atoms with Crippen LogP contribution in [-0.2, 0) is 6.42 Å². The molecule has 3 rings (SSSR count). The Morgan fingerprint density at radius 1 is 1.35 bits per heavy atom. The average molecular weight is 293 g/mol. The van der Waals surface area contributed by atoms with Crippen molar-refractivity contribution >= 4 is 11.3 Å². The summed E-state index contributed by atoms with van der Waals surface area (Å²) < 4.78 is 0. The van der Waals surface area contributed by atoms with Crippen LogP contribution in [0.15, 0.2) is 10.9 Å². The Hall–Kier alpha value is -0.450. The van der Waals surface area contributed by atoms with E-state index in [-0.39, 0.29) is 0 Å². The molecule has 2 aliphatic rings. The highest BCUT2D eigenvalue weighted by Crippen LogP contribution is 2.28. The van der Waals surface area contributed by atoms with Gasteiger partial charge >= 0.3 is 0 Å². The third kappa shape index (κ3) is 3.60. The molecule has 4 heteroatoms. The minimum absolute atomic E-state index is 0.661. The van der Waals surface area contributed by atoms with E-state index in [0.29, 0.717) is 6.04 Å². The van der Waals surface area contributed by atoms with E-state index in [1.54, 1.807) is 11.3 Å². The fourth-order valence-electron chi connectivity index (χ4n) is 3.73. The Balaban J connectivity index is 1.52. The van der Waals surface area contributed by atoms with Gasteiger partial charge in [0.1, 0.15) is 0 Å². The molecule has 2 heterocycles. The second-order valence-corrected chi connectivity index (χ2v) is 7.21. The lowest BCUT2D eigenvalue weighted by Crippen LogP contribution is -2.58. The van der Waals surface area contributed by atoms with Crippen LogP contribution in [0.4, 0.5) is 0 Å². The summed E-state index contributed by atoms with van der Waals surface area (Å²) in [5.41, 5.74) is 3.20. The lowest BCUT2D eigenvalue weighted by atomic mass is 9.82. The number of piperazine rings is 1. The molecule has 1 aromatic rings. The van der Waals surface area contributed by atoms with E-state index in [1.807, 2.05) is 5.51 Å². The molecule has 112 valence electrons. The molecule has 0 spiro atoms. The predicted molar refractivity (Wildman–Crippen MR) is 85.2 cm³/mol. The van der Waals surface area contributed by atoms with E-state index in [0.717, 1.165) is 31.5 Å². The molecule has 1 saturated carbocycles. The molecule has 2 atom stereocenters. The predicted octanol–water partition coefficient (Wildman–Crippen LogP) is 2.93. The lowest BCUT2D eigenvalue weighted by Gasteiger charge is -2.42. The van der Waals surface area contributed by atoms with Gasteiger partial charge in [-0.2, -0.15) is 0 Å². The van der Waals surface area contributed by atoms with Crippen LogP contribution in [0.1, 0.15) is 44.7 Å². The van der Waals surface area contributed by atoms with Gasteiger partial charge in [0.15, 0.2) is 0 Å². The molecule has 1 N–H and O–H groups in total. The first-order valence-electron chi connectivity index (χ1n) is 8.17. The molecule has 0 amide bonds. The topological polar surface area (TPSA) is 28.2 Å². The number of hydrogen-bond acceptors (Lipinski definition) is 4. The fourth-order valence-corrected chi connectivity index (χ4v) is 4.32. The van der Waals surface area contributed by atoms with E-state index < -0.39 is 0 Å². The van der Waals surface area contributed by atoms with Gasteiger partial charge in [0.25, 0.3) is 0 Å². The van der Waals surface area contributed by atoms with E-state index in [4.69, 9.17) is 0 Å². The van der Waals surface area contributed by atoms with Crippen LogP contribution in [0.2, 0.25) is 0 Å². The average Bonchev–Trinajstić information content (AvgIpc) is 3.01. The summed E-state index contributed by atoms with van der Waals surface area (Å²) >= 11 is 1.71. The zero-order valence-electron chi connectivity index (χ0n) is 12.6. The van der Waals surface area contributed by atoms with Crippen LogP contribution in [-0.4, -0.2) is 41.6 Å². The maximum Gasteiger partial charge on any atom is 0.0794 e. The van der Waals surface area contributed by atoms with Crippen LogP contribution in [0.5, 0.6) is 0 Å². The summed E-state index contributed by atoms with van der Waals surface area (Å²) in [6.45, 7) is 5.90. The summed E-state index contributed by atoms with van der Waals surface area (Å²) in [5.74, 6) is 0.915. The van der Waals surface area contributed by atoms with Crippen molar-refractivity contribution in [1.29, 1.82) is 0 Å². The quantitative estimate of drug-likeness (QED) is 0.925. The van der Waals surface area contributed by atoms with Crippen molar-refractivity contribution in [3.05, 3.63) is 16.6 Å². The van der Waals surface area contributed by atoms with Gasteiger partial charge in [-0.3, -0.25) is 4.90 Å². The molecule has 3 nitrogen and oxygen atoms in total. The minimum atomic E-state index is 0.661. The molecule has 1 aromatic heterocycles. The molecule has 0 aromatic carbocycles. The summed E-state index contributed by atoms with van der Waals surface area (Å²) in [6.07, 6.45) is 8.31. The standard InChI is InChI=1S/C16H27N3S/c1-13-9-17-16(14-5-3-2-4-6-14)10-19(13)8-7-15-11-20-12-18-15/h11-14,16-17H,2-10H2,1H3. The van der Waals surface area contributed by atoms with E-state index in [1.165, 1.54) is 44.3 Å². The van der Waals surface area contributed by atoms with Crippen molar-refractivity contribution in [2.45, 2.75) is 57.5 Å². The molecule has 0 bridgehead atoms. The van der Waals surface area contributed by atoms with Crippen LogP contribution in [0.3, 0.4) is 0 Å². The van der Waals surface area contributed by atoms with E-state index in [9.17, 15) is 0 Å².